The van der Waals surface area contributed by atoms with Crippen molar-refractivity contribution in [3.8, 4) is 17.1 Å². The lowest BCUT2D eigenvalue weighted by molar-refractivity contribution is 0.122. The second-order valence-electron chi connectivity index (χ2n) is 7.89. The van der Waals surface area contributed by atoms with Crippen LogP contribution in [0.3, 0.4) is 0 Å². The third-order valence-electron chi connectivity index (χ3n) is 5.78. The van der Waals surface area contributed by atoms with Crippen LogP contribution in [0.1, 0.15) is 12.8 Å². The summed E-state index contributed by atoms with van der Waals surface area (Å²) >= 11 is 0. The number of anilines is 2. The lowest BCUT2D eigenvalue weighted by atomic mass is 10.1. The van der Waals surface area contributed by atoms with Gasteiger partial charge in [-0.3, -0.25) is 0 Å². The van der Waals surface area contributed by atoms with Crippen molar-refractivity contribution < 1.29 is 18.3 Å². The number of piperidine rings is 1. The first-order valence-electron chi connectivity index (χ1n) is 10.7. The van der Waals surface area contributed by atoms with Crippen molar-refractivity contribution in [3.05, 3.63) is 30.0 Å². The number of methoxy groups -OCH3 is 1. The monoisotopic (exact) mass is 445 g/mol. The van der Waals surface area contributed by atoms with E-state index in [9.17, 15) is 8.78 Å². The Morgan fingerprint density at radius 1 is 1.22 bits per heavy atom. The number of rotatable bonds is 5. The zero-order valence-electron chi connectivity index (χ0n) is 17.8. The van der Waals surface area contributed by atoms with Gasteiger partial charge in [-0.25, -0.2) is 23.3 Å². The number of hydrogen-bond donors (Lipinski definition) is 2. The molecule has 2 N–H and O–H groups in total. The Balaban J connectivity index is 1.55. The van der Waals surface area contributed by atoms with E-state index in [1.54, 1.807) is 13.2 Å². The highest BCUT2D eigenvalue weighted by atomic mass is 19.1. The molecule has 0 aliphatic carbocycles. The second-order valence-corrected chi connectivity index (χ2v) is 7.89. The number of morpholine rings is 1. The third-order valence-corrected chi connectivity index (χ3v) is 5.78. The van der Waals surface area contributed by atoms with Crippen LogP contribution in [0.2, 0.25) is 0 Å². The summed E-state index contributed by atoms with van der Waals surface area (Å²) in [6.45, 7) is 4.12. The van der Waals surface area contributed by atoms with E-state index in [-0.39, 0.29) is 17.6 Å². The van der Waals surface area contributed by atoms with Gasteiger partial charge >= 0.3 is 0 Å². The Bertz CT molecular complexity index is 1110. The Labute approximate surface area is 183 Å². The highest BCUT2D eigenvalue weighted by molar-refractivity contribution is 5.66. The van der Waals surface area contributed by atoms with E-state index in [0.29, 0.717) is 55.8 Å². The standard InChI is InChI=1S/C21H25F2N7O2/c1-31-17-10-18-25-12-16(30(18)28-21(17)29-5-7-32-8-6-29)19-14(22)9-15(23)20(27-19)26-13-3-2-4-24-11-13/h9-10,12-13,24H,2-8,11H2,1H3,(H,26,27)/t13-/m0/s1. The molecule has 32 heavy (non-hydrogen) atoms. The van der Waals surface area contributed by atoms with Gasteiger partial charge in [0, 0.05) is 37.8 Å². The fraction of sp³-hybridized carbons (Fsp3) is 0.476. The molecule has 0 radical (unpaired) electrons. The van der Waals surface area contributed by atoms with Crippen molar-refractivity contribution in [1.29, 1.82) is 0 Å². The van der Waals surface area contributed by atoms with Crippen LogP contribution in [0.5, 0.6) is 5.75 Å². The number of hydrogen-bond acceptors (Lipinski definition) is 8. The van der Waals surface area contributed by atoms with Crippen molar-refractivity contribution >= 4 is 17.3 Å². The van der Waals surface area contributed by atoms with E-state index in [4.69, 9.17) is 9.47 Å². The van der Waals surface area contributed by atoms with Gasteiger partial charge in [0.1, 0.15) is 11.4 Å². The molecule has 0 spiro atoms. The average molecular weight is 445 g/mol. The summed E-state index contributed by atoms with van der Waals surface area (Å²) in [5, 5.41) is 11.0. The summed E-state index contributed by atoms with van der Waals surface area (Å²) in [5.74, 6) is -0.309. The van der Waals surface area contributed by atoms with Gasteiger partial charge in [0.05, 0.1) is 26.5 Å². The molecule has 0 saturated carbocycles. The van der Waals surface area contributed by atoms with E-state index >= 15 is 0 Å². The molecule has 5 rings (SSSR count). The van der Waals surface area contributed by atoms with Crippen LogP contribution in [-0.4, -0.2) is 72.1 Å². The summed E-state index contributed by atoms with van der Waals surface area (Å²) < 4.78 is 41.8. The lowest BCUT2D eigenvalue weighted by Gasteiger charge is -2.28. The number of nitrogens with one attached hydrogen (secondary N) is 2. The number of halogens is 2. The van der Waals surface area contributed by atoms with Gasteiger partial charge in [-0.05, 0) is 19.4 Å². The van der Waals surface area contributed by atoms with Crippen LogP contribution in [0.15, 0.2) is 18.3 Å². The number of fused-ring (bicyclic) bond motifs is 1. The van der Waals surface area contributed by atoms with Crippen LogP contribution in [0.4, 0.5) is 20.4 Å². The van der Waals surface area contributed by atoms with Gasteiger partial charge in [0.2, 0.25) is 0 Å². The van der Waals surface area contributed by atoms with Gasteiger partial charge < -0.3 is 25.0 Å². The summed E-state index contributed by atoms with van der Waals surface area (Å²) in [5.41, 5.74) is 0.792. The largest absolute Gasteiger partial charge is 0.493 e. The first-order chi connectivity index (χ1) is 15.6. The van der Waals surface area contributed by atoms with Gasteiger partial charge in [0.25, 0.3) is 0 Å². The van der Waals surface area contributed by atoms with E-state index < -0.39 is 11.6 Å². The first-order valence-corrected chi connectivity index (χ1v) is 10.7. The molecule has 170 valence electrons. The molecule has 0 bridgehead atoms. The summed E-state index contributed by atoms with van der Waals surface area (Å²) in [6.07, 6.45) is 3.36. The zero-order valence-corrected chi connectivity index (χ0v) is 17.8. The molecule has 2 saturated heterocycles. The maximum absolute atomic E-state index is 14.8. The molecule has 9 nitrogen and oxygen atoms in total. The maximum atomic E-state index is 14.8. The minimum absolute atomic E-state index is 0.0178. The van der Waals surface area contributed by atoms with Gasteiger partial charge in [-0.2, -0.15) is 0 Å². The normalized spacial score (nSPS) is 19.3. The van der Waals surface area contributed by atoms with E-state index in [0.717, 1.165) is 25.5 Å². The van der Waals surface area contributed by atoms with Crippen LogP contribution in [0, 0.1) is 11.6 Å². The molecule has 3 aromatic heterocycles. The predicted octanol–water partition coefficient (Wildman–Crippen LogP) is 2.08. The van der Waals surface area contributed by atoms with Crippen molar-refractivity contribution in [1.82, 2.24) is 24.9 Å². The quantitative estimate of drug-likeness (QED) is 0.617. The maximum Gasteiger partial charge on any atom is 0.192 e. The van der Waals surface area contributed by atoms with Crippen molar-refractivity contribution in [2.45, 2.75) is 18.9 Å². The van der Waals surface area contributed by atoms with Crippen LogP contribution < -0.4 is 20.3 Å². The Hall–Kier alpha value is -3.05. The molecular weight excluding hydrogens is 420 g/mol. The average Bonchev–Trinajstić information content (AvgIpc) is 3.24. The van der Waals surface area contributed by atoms with E-state index in [1.165, 1.54) is 10.7 Å². The molecule has 2 fully saturated rings. The number of imidazole rings is 1. The van der Waals surface area contributed by atoms with Gasteiger partial charge in [-0.15, -0.1) is 5.10 Å². The lowest BCUT2D eigenvalue weighted by Crippen LogP contribution is -2.38. The molecule has 2 aliphatic heterocycles. The summed E-state index contributed by atoms with van der Waals surface area (Å²) in [7, 11) is 1.57. The molecule has 5 heterocycles. The number of pyridine rings is 1. The van der Waals surface area contributed by atoms with Crippen molar-refractivity contribution in [2.75, 3.05) is 56.7 Å². The van der Waals surface area contributed by atoms with E-state index in [2.05, 4.69) is 25.7 Å². The number of nitrogens with zero attached hydrogens (tertiary/aromatic N) is 5. The zero-order chi connectivity index (χ0) is 22.1. The minimum Gasteiger partial charge on any atom is -0.493 e. The fourth-order valence-corrected chi connectivity index (χ4v) is 4.11. The van der Waals surface area contributed by atoms with E-state index in [1.807, 2.05) is 4.90 Å². The topological polar surface area (TPSA) is 88.8 Å². The molecule has 1 atom stereocenters. The van der Waals surface area contributed by atoms with Gasteiger partial charge in [-0.1, -0.05) is 0 Å². The Morgan fingerprint density at radius 3 is 2.81 bits per heavy atom. The third kappa shape index (κ3) is 3.93. The van der Waals surface area contributed by atoms with Gasteiger partial charge in [0.15, 0.2) is 34.7 Å². The summed E-state index contributed by atoms with van der Waals surface area (Å²) in [4.78, 5) is 10.7. The minimum atomic E-state index is -0.776. The molecule has 0 unspecified atom stereocenters. The van der Waals surface area contributed by atoms with Crippen molar-refractivity contribution in [3.63, 3.8) is 0 Å². The summed E-state index contributed by atoms with van der Waals surface area (Å²) in [6, 6.07) is 2.63. The fourth-order valence-electron chi connectivity index (χ4n) is 4.11. The molecule has 0 amide bonds. The van der Waals surface area contributed by atoms with Crippen LogP contribution >= 0.6 is 0 Å². The molecule has 2 aliphatic rings. The molecule has 0 aromatic carbocycles. The van der Waals surface area contributed by atoms with Crippen LogP contribution in [-0.2, 0) is 4.74 Å². The highest BCUT2D eigenvalue weighted by Crippen LogP contribution is 2.31. The SMILES string of the molecule is COc1cc2ncc(-c3nc(N[C@H]4CCCNC4)c(F)cc3F)n2nc1N1CCOCC1. The highest BCUT2D eigenvalue weighted by Gasteiger charge is 2.23. The number of aromatic nitrogens is 4. The predicted molar refractivity (Wildman–Crippen MR) is 115 cm³/mol. The molecule has 11 heteroatoms. The smallest absolute Gasteiger partial charge is 0.192 e. The Kier molecular flexibility index (Phi) is 5.75. The van der Waals surface area contributed by atoms with Crippen LogP contribution in [0.25, 0.3) is 17.0 Å². The Morgan fingerprint density at radius 2 is 2.06 bits per heavy atom. The number of ether oxygens (including phenoxy) is 2. The molecular formula is C21H25F2N7O2. The van der Waals surface area contributed by atoms with Crippen molar-refractivity contribution in [2.24, 2.45) is 0 Å². The first kappa shape index (κ1) is 20.8. The molecule has 3 aromatic rings. The second kappa shape index (κ2) is 8.83.